The zero-order chi connectivity index (χ0) is 25.2. The number of carbonyl (C=O) groups is 3. The number of carboxylic acids is 1. The molecule has 188 valence electrons. The van der Waals surface area contributed by atoms with Crippen LogP contribution in [0.15, 0.2) is 22.8 Å². The molecule has 1 fully saturated rings. The predicted molar refractivity (Wildman–Crippen MR) is 115 cm³/mol. The maximum Gasteiger partial charge on any atom is 0.352 e. The zero-order valence-corrected chi connectivity index (χ0v) is 19.8. The van der Waals surface area contributed by atoms with Crippen LogP contribution in [0, 0.1) is 0 Å². The van der Waals surface area contributed by atoms with Gasteiger partial charge in [-0.3, -0.25) is 19.0 Å². The van der Waals surface area contributed by atoms with Crippen molar-refractivity contribution in [2.45, 2.75) is 34.8 Å². The molecule has 21 heteroatoms. The molecule has 2 aromatic heterocycles. The molecule has 2 amide bonds. The number of fused-ring (bicyclic) bond motifs is 1. The van der Waals surface area contributed by atoms with Gasteiger partial charge >= 0.3 is 16.3 Å². The third-order valence-electron chi connectivity index (χ3n) is 4.87. The number of aromatic amines is 1. The van der Waals surface area contributed by atoms with E-state index in [1.54, 1.807) is 0 Å². The van der Waals surface area contributed by atoms with E-state index in [-0.39, 0.29) is 36.1 Å². The molecule has 0 aromatic carbocycles. The van der Waals surface area contributed by atoms with Gasteiger partial charge in [0.2, 0.25) is 11.1 Å². The molecule has 0 aliphatic carbocycles. The van der Waals surface area contributed by atoms with Crippen molar-refractivity contribution in [2.75, 3.05) is 12.3 Å². The van der Waals surface area contributed by atoms with E-state index in [0.717, 1.165) is 16.7 Å². The molecule has 2 aromatic rings. The monoisotopic (exact) mass is 547 g/mol. The van der Waals surface area contributed by atoms with E-state index < -0.39 is 44.8 Å². The number of nitrogens with one attached hydrogen (secondary N) is 3. The lowest BCUT2D eigenvalue weighted by atomic mass is 10.0. The molecule has 4 rings (SSSR count). The molecule has 0 radical (unpaired) electrons. The highest BCUT2D eigenvalue weighted by Gasteiger charge is 2.54. The number of tetrazole rings is 2. The Hall–Kier alpha value is -3.14. The maximum absolute atomic E-state index is 12.9. The summed E-state index contributed by atoms with van der Waals surface area (Å²) >= 11 is 2.26. The number of hydrogen-bond donors (Lipinski definition) is 5. The lowest BCUT2D eigenvalue weighted by Crippen LogP contribution is -2.71. The average molecular weight is 548 g/mol. The topological polar surface area (TPSA) is 251 Å². The minimum Gasteiger partial charge on any atom is -0.477 e. The SMILES string of the molecule is O=C(Cn1cnnn1)NC1C(=O)N2C(C(=O)O)=C(C(CCNS(=O)(=O)O)Sc3nn[nH]n3)CS[C@@H]12. The summed E-state index contributed by atoms with van der Waals surface area (Å²) in [6.45, 7) is -0.437. The second kappa shape index (κ2) is 10.2. The van der Waals surface area contributed by atoms with Crippen molar-refractivity contribution in [1.82, 2.24) is 55.8 Å². The Labute approximate surface area is 204 Å². The number of aromatic nitrogens is 8. The van der Waals surface area contributed by atoms with E-state index in [9.17, 15) is 27.9 Å². The Morgan fingerprint density at radius 2 is 2.20 bits per heavy atom. The number of nitrogens with zero attached hydrogens (tertiary/aromatic N) is 8. The van der Waals surface area contributed by atoms with E-state index >= 15 is 0 Å². The number of amides is 2. The number of rotatable bonds is 11. The Morgan fingerprint density at radius 3 is 2.83 bits per heavy atom. The quantitative estimate of drug-likeness (QED) is 0.106. The first-order valence-electron chi connectivity index (χ1n) is 9.67. The molecule has 0 saturated carbocycles. The summed E-state index contributed by atoms with van der Waals surface area (Å²) in [5.74, 6) is -2.33. The molecule has 4 heterocycles. The van der Waals surface area contributed by atoms with Crippen LogP contribution in [0.5, 0.6) is 0 Å². The lowest BCUT2D eigenvalue weighted by molar-refractivity contribution is -0.150. The molecular weight excluding hydrogens is 530 g/mol. The average Bonchev–Trinajstić information content (AvgIpc) is 3.49. The summed E-state index contributed by atoms with van der Waals surface area (Å²) in [4.78, 5) is 38.4. The van der Waals surface area contributed by atoms with E-state index in [1.807, 2.05) is 4.72 Å². The Kier molecular flexibility index (Phi) is 7.30. The molecule has 5 N–H and O–H groups in total. The number of H-pyrrole nitrogens is 1. The van der Waals surface area contributed by atoms with Gasteiger partial charge in [-0.15, -0.1) is 27.1 Å². The van der Waals surface area contributed by atoms with Crippen molar-refractivity contribution >= 4 is 51.6 Å². The largest absolute Gasteiger partial charge is 0.477 e. The first-order chi connectivity index (χ1) is 16.6. The van der Waals surface area contributed by atoms with Gasteiger partial charge in [0.05, 0.1) is 0 Å². The van der Waals surface area contributed by atoms with Crippen molar-refractivity contribution in [2.24, 2.45) is 0 Å². The first kappa shape index (κ1) is 25.0. The van der Waals surface area contributed by atoms with E-state index in [4.69, 9.17) is 4.55 Å². The zero-order valence-electron chi connectivity index (χ0n) is 17.4. The third-order valence-corrected chi connectivity index (χ3v) is 7.93. The number of thioether (sulfide) groups is 2. The second-order valence-electron chi connectivity index (χ2n) is 7.10. The predicted octanol–water partition coefficient (Wildman–Crippen LogP) is -3.13. The summed E-state index contributed by atoms with van der Waals surface area (Å²) in [7, 11) is -4.46. The molecule has 18 nitrogen and oxygen atoms in total. The van der Waals surface area contributed by atoms with Gasteiger partial charge in [-0.05, 0) is 27.6 Å². The summed E-state index contributed by atoms with van der Waals surface area (Å²) < 4.78 is 34.1. The van der Waals surface area contributed by atoms with Crippen molar-refractivity contribution < 1.29 is 32.5 Å². The van der Waals surface area contributed by atoms with Gasteiger partial charge < -0.3 is 10.4 Å². The Morgan fingerprint density at radius 1 is 1.40 bits per heavy atom. The van der Waals surface area contributed by atoms with Gasteiger partial charge in [0, 0.05) is 17.5 Å². The molecular formula is C14H17N11O7S3. The minimum absolute atomic E-state index is 0.0461. The van der Waals surface area contributed by atoms with Crippen LogP contribution in [0.4, 0.5) is 0 Å². The highest BCUT2D eigenvalue weighted by Crippen LogP contribution is 2.44. The molecule has 0 bridgehead atoms. The second-order valence-corrected chi connectivity index (χ2v) is 10.6. The summed E-state index contributed by atoms with van der Waals surface area (Å²) in [5.41, 5.74) is 0.0649. The van der Waals surface area contributed by atoms with E-state index in [2.05, 4.69) is 41.5 Å². The van der Waals surface area contributed by atoms with Gasteiger partial charge in [0.15, 0.2) is 0 Å². The van der Waals surface area contributed by atoms with Gasteiger partial charge in [0.25, 0.3) is 5.91 Å². The molecule has 2 aliphatic heterocycles. The van der Waals surface area contributed by atoms with Crippen LogP contribution in [0.1, 0.15) is 6.42 Å². The lowest BCUT2D eigenvalue weighted by Gasteiger charge is -2.50. The highest BCUT2D eigenvalue weighted by molar-refractivity contribution is 8.01. The molecule has 2 unspecified atom stereocenters. The van der Waals surface area contributed by atoms with E-state index in [1.165, 1.54) is 22.8 Å². The fourth-order valence-electron chi connectivity index (χ4n) is 3.46. The highest BCUT2D eigenvalue weighted by atomic mass is 32.2. The summed E-state index contributed by atoms with van der Waals surface area (Å²) in [5, 5.41) is 35.1. The fraction of sp³-hybridized carbons (Fsp3) is 0.500. The van der Waals surface area contributed by atoms with Crippen molar-refractivity contribution in [1.29, 1.82) is 0 Å². The summed E-state index contributed by atoms with van der Waals surface area (Å²) in [6.07, 6.45) is 1.28. The van der Waals surface area contributed by atoms with Crippen molar-refractivity contribution in [3.05, 3.63) is 17.6 Å². The van der Waals surface area contributed by atoms with Gasteiger partial charge in [0.1, 0.15) is 30.0 Å². The summed E-state index contributed by atoms with van der Waals surface area (Å²) in [6, 6.07) is -0.940. The van der Waals surface area contributed by atoms with Gasteiger partial charge in [-0.2, -0.15) is 18.4 Å². The smallest absolute Gasteiger partial charge is 0.352 e. The maximum atomic E-state index is 12.9. The van der Waals surface area contributed by atoms with Crippen LogP contribution in [0.3, 0.4) is 0 Å². The molecule has 35 heavy (non-hydrogen) atoms. The van der Waals surface area contributed by atoms with Crippen LogP contribution < -0.4 is 10.0 Å². The normalized spacial score (nSPS) is 20.8. The fourth-order valence-corrected chi connectivity index (χ4v) is 6.38. The minimum atomic E-state index is -4.46. The van der Waals surface area contributed by atoms with Gasteiger partial charge in [-0.25, -0.2) is 9.48 Å². The first-order valence-corrected chi connectivity index (χ1v) is 13.0. The van der Waals surface area contributed by atoms with Crippen LogP contribution in [-0.4, -0.2) is 111 Å². The van der Waals surface area contributed by atoms with Crippen LogP contribution in [0.2, 0.25) is 0 Å². The van der Waals surface area contributed by atoms with Crippen molar-refractivity contribution in [3.8, 4) is 0 Å². The van der Waals surface area contributed by atoms with Gasteiger partial charge in [-0.1, -0.05) is 11.8 Å². The van der Waals surface area contributed by atoms with E-state index in [0.29, 0.717) is 5.57 Å². The number of aliphatic carboxylic acids is 1. The standard InChI is InChI=1S/C14H17N11O7S3/c26-8(3-24-5-15-20-23-24)17-9-11(27)25-10(13(28)29)6(4-33-12(9)25)7(1-2-16-35(30,31)32)34-14-18-21-22-19-14/h5,7,9,12,16H,1-4H2,(H,17,26)(H,28,29)(H,30,31,32)(H,18,19,21,22)/t7?,9?,12-/m0/s1. The molecule has 3 atom stereocenters. The Balaban J connectivity index is 1.53. The third kappa shape index (κ3) is 5.75. The Bertz CT molecular complexity index is 1230. The van der Waals surface area contributed by atoms with Crippen LogP contribution in [-0.2, 0) is 31.2 Å². The number of carboxylic acid groups (broad SMARTS) is 1. The molecule has 0 spiro atoms. The number of β-lactam (4-membered cyclic amide) rings is 1. The number of carbonyl (C=O) groups excluding carboxylic acids is 2. The van der Waals surface area contributed by atoms with Crippen LogP contribution in [0.25, 0.3) is 0 Å². The van der Waals surface area contributed by atoms with Crippen LogP contribution >= 0.6 is 23.5 Å². The number of hydrogen-bond acceptors (Lipinski definition) is 13. The molecule has 2 aliphatic rings. The van der Waals surface area contributed by atoms with Crippen molar-refractivity contribution in [3.63, 3.8) is 0 Å². The molecule has 1 saturated heterocycles.